The predicted octanol–water partition coefficient (Wildman–Crippen LogP) is -1.15. The lowest BCUT2D eigenvalue weighted by atomic mass is 10.1. The molecule has 0 aliphatic rings. The van der Waals surface area contributed by atoms with Crippen molar-refractivity contribution < 1.29 is 23.9 Å². The topological polar surface area (TPSA) is 108 Å². The van der Waals surface area contributed by atoms with Crippen molar-refractivity contribution in [2.24, 2.45) is 5.73 Å². The second-order valence-corrected chi connectivity index (χ2v) is 3.86. The van der Waals surface area contributed by atoms with Gasteiger partial charge < -0.3 is 20.5 Å². The number of thiol groups is 1. The lowest BCUT2D eigenvalue weighted by molar-refractivity contribution is -0.145. The lowest BCUT2D eigenvalue weighted by Crippen LogP contribution is -2.43. The fourth-order valence-electron chi connectivity index (χ4n) is 1.14. The largest absolute Gasteiger partial charge is 0.468 e. The minimum absolute atomic E-state index is 0.0114. The lowest BCUT2D eigenvalue weighted by Gasteiger charge is -2.14. The Morgan fingerprint density at radius 2 is 1.78 bits per heavy atom. The average Bonchev–Trinajstić information content (AvgIpc) is 2.39. The third-order valence-corrected chi connectivity index (χ3v) is 2.55. The van der Waals surface area contributed by atoms with Gasteiger partial charge in [0.2, 0.25) is 5.91 Å². The molecule has 8 heteroatoms. The Kier molecular flexibility index (Phi) is 8.14. The number of ether oxygens (including phenoxy) is 2. The molecule has 0 heterocycles. The van der Waals surface area contributed by atoms with E-state index >= 15 is 0 Å². The molecule has 0 aromatic heterocycles. The highest BCUT2D eigenvalue weighted by atomic mass is 32.1. The van der Waals surface area contributed by atoms with Crippen LogP contribution in [0.4, 0.5) is 0 Å². The van der Waals surface area contributed by atoms with Crippen molar-refractivity contribution in [2.75, 3.05) is 20.0 Å². The Hall–Kier alpha value is -1.28. The quantitative estimate of drug-likeness (QED) is 0.401. The molecule has 18 heavy (non-hydrogen) atoms. The van der Waals surface area contributed by atoms with Crippen LogP contribution < -0.4 is 11.1 Å². The van der Waals surface area contributed by atoms with Crippen LogP contribution in [0.2, 0.25) is 0 Å². The van der Waals surface area contributed by atoms with Gasteiger partial charge in [0, 0.05) is 12.2 Å². The van der Waals surface area contributed by atoms with E-state index in [1.807, 2.05) is 0 Å². The number of esters is 2. The first-order valence-electron chi connectivity index (χ1n) is 5.27. The van der Waals surface area contributed by atoms with Crippen LogP contribution in [0, 0.1) is 0 Å². The number of carbonyl (C=O) groups excluding carboxylic acids is 3. The molecule has 104 valence electrons. The molecule has 0 fully saturated rings. The molecule has 0 rings (SSSR count). The molecule has 0 bridgehead atoms. The van der Waals surface area contributed by atoms with Gasteiger partial charge in [0.05, 0.1) is 14.2 Å². The number of amides is 1. The number of methoxy groups -OCH3 is 2. The van der Waals surface area contributed by atoms with Crippen LogP contribution in [-0.4, -0.2) is 49.9 Å². The summed E-state index contributed by atoms with van der Waals surface area (Å²) in [6, 6.07) is -1.66. The van der Waals surface area contributed by atoms with Gasteiger partial charge in [-0.05, 0) is 6.42 Å². The van der Waals surface area contributed by atoms with E-state index in [0.717, 1.165) is 0 Å². The average molecular weight is 278 g/mol. The van der Waals surface area contributed by atoms with Crippen molar-refractivity contribution in [3.05, 3.63) is 0 Å². The molecule has 0 aliphatic heterocycles. The van der Waals surface area contributed by atoms with E-state index in [4.69, 9.17) is 5.73 Å². The summed E-state index contributed by atoms with van der Waals surface area (Å²) in [4.78, 5) is 33.7. The monoisotopic (exact) mass is 278 g/mol. The Labute approximate surface area is 111 Å². The van der Waals surface area contributed by atoms with Crippen LogP contribution in [0.3, 0.4) is 0 Å². The Morgan fingerprint density at radius 3 is 2.22 bits per heavy atom. The van der Waals surface area contributed by atoms with E-state index in [9.17, 15) is 14.4 Å². The van der Waals surface area contributed by atoms with E-state index in [1.165, 1.54) is 14.2 Å². The van der Waals surface area contributed by atoms with Crippen molar-refractivity contribution in [1.82, 2.24) is 5.32 Å². The summed E-state index contributed by atoms with van der Waals surface area (Å²) >= 11 is 3.93. The molecule has 2 unspecified atom stereocenters. The third-order valence-electron chi connectivity index (χ3n) is 2.19. The first kappa shape index (κ1) is 16.7. The van der Waals surface area contributed by atoms with Crippen molar-refractivity contribution in [3.8, 4) is 0 Å². The van der Waals surface area contributed by atoms with Gasteiger partial charge in [-0.15, -0.1) is 0 Å². The summed E-state index contributed by atoms with van der Waals surface area (Å²) in [6.45, 7) is 0. The van der Waals surface area contributed by atoms with Crippen LogP contribution in [0.15, 0.2) is 0 Å². The highest BCUT2D eigenvalue weighted by Crippen LogP contribution is 1.99. The molecule has 7 nitrogen and oxygen atoms in total. The fourth-order valence-corrected chi connectivity index (χ4v) is 1.38. The summed E-state index contributed by atoms with van der Waals surface area (Å²) in [6.07, 6.45) is 0.149. The smallest absolute Gasteiger partial charge is 0.329 e. The van der Waals surface area contributed by atoms with Crippen LogP contribution in [0.5, 0.6) is 0 Å². The van der Waals surface area contributed by atoms with Gasteiger partial charge in [-0.25, -0.2) is 4.79 Å². The zero-order chi connectivity index (χ0) is 14.1. The molecule has 0 aromatic carbocycles. The molecule has 0 radical (unpaired) electrons. The number of hydrogen-bond donors (Lipinski definition) is 3. The number of nitrogens with one attached hydrogen (secondary N) is 1. The predicted molar refractivity (Wildman–Crippen MR) is 67.0 cm³/mol. The normalized spacial score (nSPS) is 13.3. The van der Waals surface area contributed by atoms with Crippen LogP contribution in [0.1, 0.15) is 12.8 Å². The summed E-state index contributed by atoms with van der Waals surface area (Å²) in [5.74, 6) is -1.43. The van der Waals surface area contributed by atoms with E-state index < -0.39 is 29.9 Å². The van der Waals surface area contributed by atoms with Crippen molar-refractivity contribution in [1.29, 1.82) is 0 Å². The Morgan fingerprint density at radius 1 is 1.22 bits per heavy atom. The van der Waals surface area contributed by atoms with Gasteiger partial charge in [0.1, 0.15) is 12.1 Å². The Bertz CT molecular complexity index is 311. The fraction of sp³-hybridized carbons (Fsp3) is 0.700. The highest BCUT2D eigenvalue weighted by molar-refractivity contribution is 7.80. The number of nitrogens with two attached hydrogens (primary N) is 1. The minimum Gasteiger partial charge on any atom is -0.468 e. The van der Waals surface area contributed by atoms with Gasteiger partial charge in [-0.3, -0.25) is 9.59 Å². The van der Waals surface area contributed by atoms with E-state index in [2.05, 4.69) is 27.4 Å². The molecule has 2 atom stereocenters. The maximum Gasteiger partial charge on any atom is 0.329 e. The summed E-state index contributed by atoms with van der Waals surface area (Å²) in [5.41, 5.74) is 5.46. The molecule has 0 aromatic rings. The highest BCUT2D eigenvalue weighted by Gasteiger charge is 2.21. The summed E-state index contributed by atoms with van der Waals surface area (Å²) in [5, 5.41) is 2.43. The van der Waals surface area contributed by atoms with Crippen LogP contribution in [0.25, 0.3) is 0 Å². The van der Waals surface area contributed by atoms with Gasteiger partial charge in [-0.2, -0.15) is 12.6 Å². The second kappa shape index (κ2) is 8.76. The minimum atomic E-state index is -0.853. The van der Waals surface area contributed by atoms with Crippen LogP contribution in [-0.2, 0) is 23.9 Å². The van der Waals surface area contributed by atoms with E-state index in [1.54, 1.807) is 0 Å². The maximum absolute atomic E-state index is 11.5. The van der Waals surface area contributed by atoms with Crippen molar-refractivity contribution >= 4 is 30.5 Å². The molecule has 0 saturated heterocycles. The molecule has 1 amide bonds. The molecule has 0 spiro atoms. The van der Waals surface area contributed by atoms with Gasteiger partial charge >= 0.3 is 11.9 Å². The van der Waals surface area contributed by atoms with E-state index in [0.29, 0.717) is 0 Å². The maximum atomic E-state index is 11.5. The molecule has 3 N–H and O–H groups in total. The van der Waals surface area contributed by atoms with Gasteiger partial charge in [-0.1, -0.05) is 0 Å². The first-order chi connectivity index (χ1) is 8.46. The first-order valence-corrected chi connectivity index (χ1v) is 5.91. The number of rotatable bonds is 7. The SMILES string of the molecule is COC(=O)C(N)CCC(=O)NC(CS)C(=O)OC. The van der Waals surface area contributed by atoms with Crippen molar-refractivity contribution in [2.45, 2.75) is 24.9 Å². The molecular weight excluding hydrogens is 260 g/mol. The third kappa shape index (κ3) is 5.87. The summed E-state index contributed by atoms with van der Waals surface area (Å²) in [7, 11) is 2.44. The molecule has 0 saturated carbocycles. The number of carbonyl (C=O) groups is 3. The molecular formula is C10H18N2O5S. The van der Waals surface area contributed by atoms with Gasteiger partial charge in [0.15, 0.2) is 0 Å². The Balaban J connectivity index is 4.10. The van der Waals surface area contributed by atoms with Gasteiger partial charge in [0.25, 0.3) is 0 Å². The van der Waals surface area contributed by atoms with Crippen LogP contribution >= 0.6 is 12.6 Å². The standard InChI is InChI=1S/C10H18N2O5S/c1-16-9(14)6(11)3-4-8(13)12-7(5-18)10(15)17-2/h6-7,18H,3-5,11H2,1-2H3,(H,12,13). The zero-order valence-corrected chi connectivity index (χ0v) is 11.2. The number of hydrogen-bond acceptors (Lipinski definition) is 7. The van der Waals surface area contributed by atoms with E-state index in [-0.39, 0.29) is 18.6 Å². The zero-order valence-electron chi connectivity index (χ0n) is 10.3. The van der Waals surface area contributed by atoms with Crippen molar-refractivity contribution in [3.63, 3.8) is 0 Å². The summed E-state index contributed by atoms with van der Waals surface area (Å²) < 4.78 is 8.90. The molecule has 0 aliphatic carbocycles. The second-order valence-electron chi connectivity index (χ2n) is 3.49.